The van der Waals surface area contributed by atoms with E-state index < -0.39 is 24.5 Å². The second kappa shape index (κ2) is 3.70. The quantitative estimate of drug-likeness (QED) is 0.671. The number of aliphatic hydroxyl groups excluding tert-OH is 1. The second-order valence-corrected chi connectivity index (χ2v) is 2.11. The number of nitrogens with one attached hydrogen (secondary N) is 1. The van der Waals surface area contributed by atoms with Gasteiger partial charge < -0.3 is 10.4 Å². The Morgan fingerprint density at radius 2 is 1.54 bits per heavy atom. The molecule has 0 fully saturated rings. The van der Waals surface area contributed by atoms with Crippen LogP contribution in [0.4, 0.5) is 26.3 Å². The molecule has 0 aliphatic carbocycles. The van der Waals surface area contributed by atoms with Crippen molar-refractivity contribution in [1.29, 1.82) is 0 Å². The van der Waals surface area contributed by atoms with Crippen LogP contribution in [-0.2, 0) is 0 Å². The molecule has 2 N–H and O–H groups in total. The highest BCUT2D eigenvalue weighted by atomic mass is 19.4. The fourth-order valence-corrected chi connectivity index (χ4v) is 0.597. The van der Waals surface area contributed by atoms with E-state index >= 15 is 0 Å². The summed E-state index contributed by atoms with van der Waals surface area (Å²) in [7, 11) is 0.651. The summed E-state index contributed by atoms with van der Waals surface area (Å²) in [6, 6.07) is -2.12. The van der Waals surface area contributed by atoms with E-state index in [-0.39, 0.29) is 0 Å². The van der Waals surface area contributed by atoms with Gasteiger partial charge in [0.25, 0.3) is 0 Å². The lowest BCUT2D eigenvalue weighted by Gasteiger charge is -2.25. The molecule has 1 unspecified atom stereocenters. The fourth-order valence-electron chi connectivity index (χ4n) is 0.597. The van der Waals surface area contributed by atoms with E-state index in [9.17, 15) is 26.3 Å². The molecule has 0 aliphatic heterocycles. The van der Waals surface area contributed by atoms with Crippen molar-refractivity contribution < 1.29 is 31.4 Å². The summed E-state index contributed by atoms with van der Waals surface area (Å²) in [5.41, 5.74) is 0. The van der Waals surface area contributed by atoms with Gasteiger partial charge in [-0.15, -0.1) is 0 Å². The third-order valence-electron chi connectivity index (χ3n) is 1.16. The Kier molecular flexibility index (Phi) is 3.56. The molecular weight excluding hydrogens is 204 g/mol. The summed E-state index contributed by atoms with van der Waals surface area (Å²) in [5.74, 6) is 0. The molecule has 0 bridgehead atoms. The van der Waals surface area contributed by atoms with Gasteiger partial charge in [0.15, 0.2) is 12.1 Å². The minimum atomic E-state index is -5.33. The summed E-state index contributed by atoms with van der Waals surface area (Å²) in [4.78, 5) is 0. The molecule has 0 saturated heterocycles. The third-order valence-corrected chi connectivity index (χ3v) is 1.16. The minimum absolute atomic E-state index is 0.651. The first-order chi connectivity index (χ1) is 5.60. The van der Waals surface area contributed by atoms with E-state index in [0.29, 0.717) is 7.05 Å². The number of alkyl halides is 6. The summed E-state index contributed by atoms with van der Waals surface area (Å²) < 4.78 is 70.0. The summed E-state index contributed by atoms with van der Waals surface area (Å²) in [6.45, 7) is 0. The molecule has 0 aromatic rings. The average Bonchev–Trinajstić information content (AvgIpc) is 1.83. The minimum Gasteiger partial charge on any atom is -0.382 e. The zero-order chi connectivity index (χ0) is 10.9. The Bertz CT molecular complexity index is 163. The fraction of sp³-hybridized carbons (Fsp3) is 0.800. The van der Waals surface area contributed by atoms with Crippen molar-refractivity contribution in [3.8, 4) is 0 Å². The van der Waals surface area contributed by atoms with Gasteiger partial charge in [-0.25, -0.2) is 0 Å². The van der Waals surface area contributed by atoms with Crippen LogP contribution in [0, 0.1) is 6.04 Å². The van der Waals surface area contributed by atoms with Gasteiger partial charge in [-0.1, -0.05) is 0 Å². The maximum atomic E-state index is 11.7. The van der Waals surface area contributed by atoms with Gasteiger partial charge in [-0.05, 0) is 7.05 Å². The van der Waals surface area contributed by atoms with Crippen LogP contribution in [0.3, 0.4) is 0 Å². The lowest BCUT2D eigenvalue weighted by atomic mass is 10.1. The molecule has 0 heterocycles. The SMILES string of the molecule is CN[C](C(O)C(F)(F)F)C(F)(F)F. The number of hydrogen-bond donors (Lipinski definition) is 2. The smallest absolute Gasteiger partial charge is 0.382 e. The molecule has 2 nitrogen and oxygen atoms in total. The van der Waals surface area contributed by atoms with Crippen molar-refractivity contribution in [2.24, 2.45) is 0 Å². The summed E-state index contributed by atoms with van der Waals surface area (Å²) in [5, 5.41) is 9.51. The molecule has 13 heavy (non-hydrogen) atoms. The Morgan fingerprint density at radius 3 is 1.62 bits per heavy atom. The van der Waals surface area contributed by atoms with Crippen LogP contribution in [0.1, 0.15) is 0 Å². The van der Waals surface area contributed by atoms with Crippen molar-refractivity contribution in [3.63, 3.8) is 0 Å². The van der Waals surface area contributed by atoms with Gasteiger partial charge in [0.2, 0.25) is 0 Å². The second-order valence-electron chi connectivity index (χ2n) is 2.11. The van der Waals surface area contributed by atoms with Crippen LogP contribution in [-0.4, -0.2) is 30.6 Å². The Balaban J connectivity index is 4.61. The molecular formula is C5H6F6NO. The Hall–Kier alpha value is -0.500. The van der Waals surface area contributed by atoms with Gasteiger partial charge in [0.1, 0.15) is 0 Å². The van der Waals surface area contributed by atoms with Crippen molar-refractivity contribution in [1.82, 2.24) is 5.32 Å². The van der Waals surface area contributed by atoms with E-state index in [0.717, 1.165) is 0 Å². The maximum Gasteiger partial charge on any atom is 0.416 e. The van der Waals surface area contributed by atoms with Crippen LogP contribution >= 0.6 is 0 Å². The number of likely N-dealkylation sites (N-methyl/N-ethyl adjacent to an activating group) is 1. The number of rotatable bonds is 2. The van der Waals surface area contributed by atoms with Crippen molar-refractivity contribution in [2.75, 3.05) is 7.05 Å². The predicted molar refractivity (Wildman–Crippen MR) is 30.4 cm³/mol. The van der Waals surface area contributed by atoms with E-state index in [1.54, 1.807) is 0 Å². The number of hydrogen-bond acceptors (Lipinski definition) is 2. The van der Waals surface area contributed by atoms with Gasteiger partial charge >= 0.3 is 12.4 Å². The lowest BCUT2D eigenvalue weighted by molar-refractivity contribution is -0.229. The van der Waals surface area contributed by atoms with Gasteiger partial charge in [-0.3, -0.25) is 0 Å². The molecule has 1 atom stereocenters. The highest BCUT2D eigenvalue weighted by molar-refractivity contribution is 5.03. The van der Waals surface area contributed by atoms with Crippen molar-refractivity contribution in [3.05, 3.63) is 6.04 Å². The standard InChI is InChI=1S/C5H6F6NO/c1-12-2(4(6,7)8)3(13)5(9,10)11/h3,12-13H,1H3. The molecule has 1 radical (unpaired) electrons. The normalized spacial score (nSPS) is 16.4. The van der Waals surface area contributed by atoms with E-state index in [4.69, 9.17) is 5.11 Å². The molecule has 0 amide bonds. The summed E-state index contributed by atoms with van der Waals surface area (Å²) >= 11 is 0. The predicted octanol–water partition coefficient (Wildman–Crippen LogP) is 1.22. The Morgan fingerprint density at radius 1 is 1.15 bits per heavy atom. The zero-order valence-electron chi connectivity index (χ0n) is 6.29. The van der Waals surface area contributed by atoms with E-state index in [1.807, 2.05) is 0 Å². The molecule has 0 aromatic heterocycles. The largest absolute Gasteiger partial charge is 0.416 e. The molecule has 8 heteroatoms. The third kappa shape index (κ3) is 3.39. The highest BCUT2D eigenvalue weighted by Crippen LogP contribution is 2.35. The maximum absolute atomic E-state index is 11.7. The average molecular weight is 210 g/mol. The van der Waals surface area contributed by atoms with E-state index in [1.165, 1.54) is 5.32 Å². The van der Waals surface area contributed by atoms with Crippen LogP contribution in [0.15, 0.2) is 0 Å². The van der Waals surface area contributed by atoms with Crippen LogP contribution in [0.5, 0.6) is 0 Å². The van der Waals surface area contributed by atoms with Crippen molar-refractivity contribution >= 4 is 0 Å². The molecule has 0 saturated carbocycles. The van der Waals surface area contributed by atoms with Crippen LogP contribution < -0.4 is 5.32 Å². The summed E-state index contributed by atoms with van der Waals surface area (Å²) in [6.07, 6.45) is -14.1. The monoisotopic (exact) mass is 210 g/mol. The van der Waals surface area contributed by atoms with Crippen LogP contribution in [0.25, 0.3) is 0 Å². The number of aliphatic hydroxyl groups is 1. The molecule has 0 aliphatic rings. The highest BCUT2D eigenvalue weighted by Gasteiger charge is 2.55. The first-order valence-electron chi connectivity index (χ1n) is 2.97. The lowest BCUT2D eigenvalue weighted by Crippen LogP contribution is -2.48. The molecule has 0 spiro atoms. The van der Waals surface area contributed by atoms with Gasteiger partial charge in [-0.2, -0.15) is 26.3 Å². The van der Waals surface area contributed by atoms with Gasteiger partial charge in [0.05, 0.1) is 0 Å². The van der Waals surface area contributed by atoms with Gasteiger partial charge in [0, 0.05) is 0 Å². The van der Waals surface area contributed by atoms with Crippen LogP contribution in [0.2, 0.25) is 0 Å². The first kappa shape index (κ1) is 12.5. The first-order valence-corrected chi connectivity index (χ1v) is 2.97. The number of halogens is 6. The molecule has 0 rings (SSSR count). The zero-order valence-corrected chi connectivity index (χ0v) is 6.29. The molecule has 79 valence electrons. The van der Waals surface area contributed by atoms with Crippen molar-refractivity contribution in [2.45, 2.75) is 18.5 Å². The van der Waals surface area contributed by atoms with E-state index in [2.05, 4.69) is 0 Å². The Labute approximate surface area is 69.5 Å². The molecule has 0 aromatic carbocycles. The topological polar surface area (TPSA) is 32.3 Å².